The molecule has 0 aromatic carbocycles. The molecule has 0 fully saturated rings. The van der Waals surface area contributed by atoms with Crippen molar-refractivity contribution in [1.82, 2.24) is 5.32 Å². The molecule has 1 atom stereocenters. The number of nitrogens with one attached hydrogen (secondary N) is 1. The Hall–Kier alpha value is -1.14. The lowest BCUT2D eigenvalue weighted by atomic mass is 9.94. The standard InChI is InChI=1S/C10H21N3O3/c1-10(2,5-11)6-13-8(14)4-3-7(12)9(15)16/h7H,3-6,11-12H2,1-2H3,(H,13,14)(H,15,16)/t7-/m0/s1. The molecule has 6 heteroatoms. The summed E-state index contributed by atoms with van der Waals surface area (Å²) < 4.78 is 0. The van der Waals surface area contributed by atoms with Gasteiger partial charge in [0, 0.05) is 13.0 Å². The second-order valence-corrected chi connectivity index (χ2v) is 4.63. The van der Waals surface area contributed by atoms with Gasteiger partial charge in [0.15, 0.2) is 0 Å². The SMILES string of the molecule is CC(C)(CN)CNC(=O)CC[C@H](N)C(=O)O. The lowest BCUT2D eigenvalue weighted by Gasteiger charge is -2.22. The number of hydrogen-bond acceptors (Lipinski definition) is 4. The molecule has 6 nitrogen and oxygen atoms in total. The van der Waals surface area contributed by atoms with Crippen LogP contribution < -0.4 is 16.8 Å². The van der Waals surface area contributed by atoms with Gasteiger partial charge in [-0.1, -0.05) is 13.8 Å². The van der Waals surface area contributed by atoms with Crippen molar-refractivity contribution in [3.8, 4) is 0 Å². The first kappa shape index (κ1) is 14.9. The molecule has 94 valence electrons. The van der Waals surface area contributed by atoms with Gasteiger partial charge in [0.25, 0.3) is 0 Å². The summed E-state index contributed by atoms with van der Waals surface area (Å²) >= 11 is 0. The fraction of sp³-hybridized carbons (Fsp3) is 0.800. The summed E-state index contributed by atoms with van der Waals surface area (Å²) in [6, 6.07) is -0.978. The maximum Gasteiger partial charge on any atom is 0.320 e. The van der Waals surface area contributed by atoms with Gasteiger partial charge < -0.3 is 21.9 Å². The molecule has 0 saturated carbocycles. The molecule has 0 heterocycles. The number of rotatable bonds is 7. The molecule has 0 aromatic heterocycles. The molecule has 0 aliphatic heterocycles. The average molecular weight is 231 g/mol. The molecule has 0 unspecified atom stereocenters. The van der Waals surface area contributed by atoms with Crippen LogP contribution in [0.5, 0.6) is 0 Å². The van der Waals surface area contributed by atoms with Crippen LogP contribution in [0.4, 0.5) is 0 Å². The number of amides is 1. The first-order chi connectivity index (χ1) is 7.28. The van der Waals surface area contributed by atoms with E-state index in [1.807, 2.05) is 13.8 Å². The lowest BCUT2D eigenvalue weighted by Crippen LogP contribution is -2.39. The molecule has 0 saturated heterocycles. The van der Waals surface area contributed by atoms with Crippen LogP contribution >= 0.6 is 0 Å². The highest BCUT2D eigenvalue weighted by Gasteiger charge is 2.17. The minimum Gasteiger partial charge on any atom is -0.480 e. The Morgan fingerprint density at radius 3 is 2.44 bits per heavy atom. The third kappa shape index (κ3) is 6.36. The number of carboxylic acid groups (broad SMARTS) is 1. The van der Waals surface area contributed by atoms with E-state index in [-0.39, 0.29) is 24.2 Å². The van der Waals surface area contributed by atoms with Gasteiger partial charge in [-0.15, -0.1) is 0 Å². The molecule has 0 radical (unpaired) electrons. The molecule has 0 rings (SSSR count). The van der Waals surface area contributed by atoms with E-state index in [9.17, 15) is 9.59 Å². The highest BCUT2D eigenvalue weighted by atomic mass is 16.4. The summed E-state index contributed by atoms with van der Waals surface area (Å²) in [5, 5.41) is 11.2. The molecular weight excluding hydrogens is 210 g/mol. The van der Waals surface area contributed by atoms with Crippen molar-refractivity contribution in [2.75, 3.05) is 13.1 Å². The number of carbonyl (C=O) groups is 2. The third-order valence-corrected chi connectivity index (χ3v) is 2.32. The van der Waals surface area contributed by atoms with E-state index < -0.39 is 12.0 Å². The normalized spacial score (nSPS) is 13.2. The van der Waals surface area contributed by atoms with E-state index in [1.54, 1.807) is 0 Å². The number of carboxylic acids is 1. The largest absolute Gasteiger partial charge is 0.480 e. The number of hydrogen-bond donors (Lipinski definition) is 4. The molecule has 0 aliphatic carbocycles. The minimum atomic E-state index is -1.09. The van der Waals surface area contributed by atoms with Crippen LogP contribution in [-0.2, 0) is 9.59 Å². The fourth-order valence-corrected chi connectivity index (χ4v) is 0.908. The number of nitrogens with two attached hydrogens (primary N) is 2. The molecule has 16 heavy (non-hydrogen) atoms. The zero-order chi connectivity index (χ0) is 12.8. The summed E-state index contributed by atoms with van der Waals surface area (Å²) in [4.78, 5) is 21.7. The Labute approximate surface area is 95.4 Å². The average Bonchev–Trinajstić information content (AvgIpc) is 2.23. The minimum absolute atomic E-state index is 0.119. The Kier molecular flexibility index (Phi) is 5.98. The van der Waals surface area contributed by atoms with E-state index in [4.69, 9.17) is 16.6 Å². The van der Waals surface area contributed by atoms with Crippen LogP contribution in [0.1, 0.15) is 26.7 Å². The molecule has 1 amide bonds. The van der Waals surface area contributed by atoms with Gasteiger partial charge in [-0.2, -0.15) is 0 Å². The highest BCUT2D eigenvalue weighted by Crippen LogP contribution is 2.10. The maximum atomic E-state index is 11.3. The summed E-state index contributed by atoms with van der Waals surface area (Å²) in [7, 11) is 0. The summed E-state index contributed by atoms with van der Waals surface area (Å²) in [5.41, 5.74) is 10.6. The molecule has 6 N–H and O–H groups in total. The quantitative estimate of drug-likeness (QED) is 0.461. The van der Waals surface area contributed by atoms with Crippen molar-refractivity contribution in [3.63, 3.8) is 0 Å². The first-order valence-electron chi connectivity index (χ1n) is 5.23. The van der Waals surface area contributed by atoms with E-state index in [0.717, 1.165) is 0 Å². The van der Waals surface area contributed by atoms with Crippen molar-refractivity contribution < 1.29 is 14.7 Å². The Morgan fingerprint density at radius 2 is 2.00 bits per heavy atom. The second kappa shape index (κ2) is 6.44. The predicted molar refractivity (Wildman–Crippen MR) is 60.7 cm³/mol. The Bertz CT molecular complexity index is 254. The fourth-order valence-electron chi connectivity index (χ4n) is 0.908. The van der Waals surface area contributed by atoms with Crippen molar-refractivity contribution in [3.05, 3.63) is 0 Å². The lowest BCUT2D eigenvalue weighted by molar-refractivity contribution is -0.138. The van der Waals surface area contributed by atoms with Gasteiger partial charge in [0.1, 0.15) is 6.04 Å². The monoisotopic (exact) mass is 231 g/mol. The van der Waals surface area contributed by atoms with Crippen molar-refractivity contribution >= 4 is 11.9 Å². The zero-order valence-electron chi connectivity index (χ0n) is 9.82. The molecule has 0 aliphatic rings. The van der Waals surface area contributed by atoms with Crippen molar-refractivity contribution in [1.29, 1.82) is 0 Å². The van der Waals surface area contributed by atoms with Crippen LogP contribution in [0.15, 0.2) is 0 Å². The topological polar surface area (TPSA) is 118 Å². The smallest absolute Gasteiger partial charge is 0.320 e. The van der Waals surface area contributed by atoms with Gasteiger partial charge in [-0.05, 0) is 18.4 Å². The van der Waals surface area contributed by atoms with E-state index >= 15 is 0 Å². The van der Waals surface area contributed by atoms with Gasteiger partial charge in [-0.3, -0.25) is 9.59 Å². The van der Waals surface area contributed by atoms with Crippen molar-refractivity contribution in [2.45, 2.75) is 32.7 Å². The number of carbonyl (C=O) groups excluding carboxylic acids is 1. The van der Waals surface area contributed by atoms with Crippen LogP contribution in [0.2, 0.25) is 0 Å². The summed E-state index contributed by atoms with van der Waals surface area (Å²) in [6.07, 6.45) is 0.262. The van der Waals surface area contributed by atoms with Crippen molar-refractivity contribution in [2.24, 2.45) is 16.9 Å². The van der Waals surface area contributed by atoms with Gasteiger partial charge in [-0.25, -0.2) is 0 Å². The van der Waals surface area contributed by atoms with Crippen LogP contribution in [-0.4, -0.2) is 36.1 Å². The number of aliphatic carboxylic acids is 1. The Morgan fingerprint density at radius 1 is 1.44 bits per heavy atom. The summed E-state index contributed by atoms with van der Waals surface area (Å²) in [6.45, 7) is 4.83. The highest BCUT2D eigenvalue weighted by molar-refractivity contribution is 5.78. The molecular formula is C10H21N3O3. The van der Waals surface area contributed by atoms with Gasteiger partial charge in [0.05, 0.1) is 0 Å². The third-order valence-electron chi connectivity index (χ3n) is 2.32. The van der Waals surface area contributed by atoms with E-state index in [1.165, 1.54) is 0 Å². The van der Waals surface area contributed by atoms with E-state index in [2.05, 4.69) is 5.32 Å². The Balaban J connectivity index is 3.80. The molecule has 0 bridgehead atoms. The van der Waals surface area contributed by atoms with Crippen LogP contribution in [0.25, 0.3) is 0 Å². The van der Waals surface area contributed by atoms with Gasteiger partial charge in [0.2, 0.25) is 5.91 Å². The predicted octanol–water partition coefficient (Wildman–Crippen LogP) is -0.720. The van der Waals surface area contributed by atoms with Crippen LogP contribution in [0, 0.1) is 5.41 Å². The maximum absolute atomic E-state index is 11.3. The molecule has 0 spiro atoms. The van der Waals surface area contributed by atoms with Gasteiger partial charge >= 0.3 is 5.97 Å². The zero-order valence-corrected chi connectivity index (χ0v) is 9.82. The van der Waals surface area contributed by atoms with Crippen LogP contribution in [0.3, 0.4) is 0 Å². The van der Waals surface area contributed by atoms with E-state index in [0.29, 0.717) is 13.1 Å². The first-order valence-corrected chi connectivity index (χ1v) is 5.23. The molecule has 0 aromatic rings. The summed E-state index contributed by atoms with van der Waals surface area (Å²) in [5.74, 6) is -1.28. The second-order valence-electron chi connectivity index (χ2n) is 4.63.